The third-order valence-electron chi connectivity index (χ3n) is 6.59. The number of aromatic nitrogens is 4. The number of aromatic amines is 1. The number of fused-ring (bicyclic) bond motifs is 3. The van der Waals surface area contributed by atoms with Gasteiger partial charge in [0.25, 0.3) is 6.43 Å². The summed E-state index contributed by atoms with van der Waals surface area (Å²) in [6, 6.07) is 5.14. The predicted octanol–water partition coefficient (Wildman–Crippen LogP) is 6.65. The highest BCUT2D eigenvalue weighted by molar-refractivity contribution is 6.31. The molecular weight excluding hydrogens is 465 g/mol. The number of benzene rings is 1. The van der Waals surface area contributed by atoms with Crippen molar-refractivity contribution in [2.45, 2.75) is 57.2 Å². The molecule has 0 amide bonds. The largest absolute Gasteiger partial charge is 0.451 e. The second kappa shape index (κ2) is 8.38. The van der Waals surface area contributed by atoms with E-state index in [1.807, 2.05) is 12.1 Å². The van der Waals surface area contributed by atoms with Gasteiger partial charge in [-0.1, -0.05) is 37.3 Å². The first kappa shape index (κ1) is 22.3. The third-order valence-corrected chi connectivity index (χ3v) is 6.83. The molecule has 0 bridgehead atoms. The molecule has 1 atom stereocenters. The van der Waals surface area contributed by atoms with Gasteiger partial charge in [-0.25, -0.2) is 13.8 Å². The van der Waals surface area contributed by atoms with Crippen molar-refractivity contribution in [2.75, 3.05) is 11.4 Å². The molecule has 1 aliphatic heterocycles. The van der Waals surface area contributed by atoms with Crippen LogP contribution >= 0.6 is 11.6 Å². The molecule has 11 heteroatoms. The molecule has 176 valence electrons. The Hall–Kier alpha value is -2.49. The lowest BCUT2D eigenvalue weighted by molar-refractivity contribution is -0.145. The highest BCUT2D eigenvalue weighted by Gasteiger charge is 2.40. The molecule has 1 aromatic carbocycles. The predicted molar refractivity (Wildman–Crippen MR) is 113 cm³/mol. The molecule has 33 heavy (non-hydrogen) atoms. The molecule has 1 fully saturated rings. The summed E-state index contributed by atoms with van der Waals surface area (Å²) >= 11 is 6.19. The van der Waals surface area contributed by atoms with Crippen molar-refractivity contribution in [1.82, 2.24) is 19.9 Å². The first-order valence-electron chi connectivity index (χ1n) is 10.9. The standard InChI is InChI=1S/C22H21ClF5N5/c23-12-5-6-15-14(10-12)13-7-8-33(16(17(13)29-15)9-11-3-1-2-4-11)21-31-19(18(24)25)30-20(32-21)22(26,27)28/h5-6,10-11,16,18,29H,1-4,7-9H2/t16-/m0/s1. The number of halogens is 6. The summed E-state index contributed by atoms with van der Waals surface area (Å²) < 4.78 is 66.9. The van der Waals surface area contributed by atoms with Gasteiger partial charge in [-0.3, -0.25) is 0 Å². The van der Waals surface area contributed by atoms with Crippen LogP contribution in [0, 0.1) is 5.92 Å². The fourth-order valence-corrected chi connectivity index (χ4v) is 5.29. The van der Waals surface area contributed by atoms with Gasteiger partial charge >= 0.3 is 6.18 Å². The van der Waals surface area contributed by atoms with E-state index in [4.69, 9.17) is 11.6 Å². The van der Waals surface area contributed by atoms with E-state index < -0.39 is 24.3 Å². The summed E-state index contributed by atoms with van der Waals surface area (Å²) in [5, 5.41) is 1.56. The fourth-order valence-electron chi connectivity index (χ4n) is 5.12. The zero-order chi connectivity index (χ0) is 23.3. The number of H-pyrrole nitrogens is 1. The lowest BCUT2D eigenvalue weighted by Gasteiger charge is -2.37. The molecule has 1 N–H and O–H groups in total. The summed E-state index contributed by atoms with van der Waals surface area (Å²) in [4.78, 5) is 15.3. The lowest BCUT2D eigenvalue weighted by atomic mass is 9.90. The van der Waals surface area contributed by atoms with Crippen molar-refractivity contribution in [2.24, 2.45) is 5.92 Å². The maximum Gasteiger partial charge on any atom is 0.451 e. The Balaban J connectivity index is 1.62. The van der Waals surface area contributed by atoms with Crippen LogP contribution in [0.5, 0.6) is 0 Å². The van der Waals surface area contributed by atoms with Gasteiger partial charge in [-0.15, -0.1) is 0 Å². The van der Waals surface area contributed by atoms with Crippen LogP contribution in [-0.4, -0.2) is 26.5 Å². The molecule has 0 spiro atoms. The fraction of sp³-hybridized carbons (Fsp3) is 0.500. The number of anilines is 1. The van der Waals surface area contributed by atoms with Crippen molar-refractivity contribution in [3.05, 3.63) is 46.1 Å². The second-order valence-corrected chi connectivity index (χ2v) is 9.10. The zero-order valence-corrected chi connectivity index (χ0v) is 18.2. The molecule has 3 heterocycles. The summed E-state index contributed by atoms with van der Waals surface area (Å²) in [5.41, 5.74) is 2.78. The van der Waals surface area contributed by atoms with Crippen LogP contribution in [0.1, 0.15) is 67.5 Å². The molecule has 0 radical (unpaired) electrons. The molecule has 3 aromatic rings. The summed E-state index contributed by atoms with van der Waals surface area (Å²) in [6.45, 7) is 0.299. The Bertz CT molecular complexity index is 1170. The van der Waals surface area contributed by atoms with Crippen LogP contribution in [-0.2, 0) is 12.6 Å². The third kappa shape index (κ3) is 4.25. The quantitative estimate of drug-likeness (QED) is 0.420. The highest BCUT2D eigenvalue weighted by atomic mass is 35.5. The average molecular weight is 486 g/mol. The summed E-state index contributed by atoms with van der Waals surface area (Å²) in [7, 11) is 0. The van der Waals surface area contributed by atoms with Gasteiger partial charge in [0.2, 0.25) is 17.6 Å². The van der Waals surface area contributed by atoms with E-state index in [1.54, 1.807) is 11.0 Å². The molecule has 2 aliphatic rings. The van der Waals surface area contributed by atoms with E-state index in [1.165, 1.54) is 0 Å². The van der Waals surface area contributed by atoms with Crippen molar-refractivity contribution < 1.29 is 22.0 Å². The Morgan fingerprint density at radius 3 is 2.58 bits per heavy atom. The minimum atomic E-state index is -4.96. The zero-order valence-electron chi connectivity index (χ0n) is 17.5. The normalized spacial score (nSPS) is 19.6. The van der Waals surface area contributed by atoms with Crippen molar-refractivity contribution >= 4 is 28.5 Å². The van der Waals surface area contributed by atoms with Crippen molar-refractivity contribution in [3.8, 4) is 0 Å². The van der Waals surface area contributed by atoms with Gasteiger partial charge in [-0.2, -0.15) is 23.1 Å². The first-order chi connectivity index (χ1) is 15.7. The Labute approximate surface area is 191 Å². The topological polar surface area (TPSA) is 57.7 Å². The van der Waals surface area contributed by atoms with Crippen LogP contribution in [0.25, 0.3) is 10.9 Å². The van der Waals surface area contributed by atoms with Crippen LogP contribution in [0.15, 0.2) is 18.2 Å². The molecule has 5 rings (SSSR count). The number of hydrogen-bond acceptors (Lipinski definition) is 4. The van der Waals surface area contributed by atoms with Gasteiger partial charge in [0.15, 0.2) is 0 Å². The van der Waals surface area contributed by atoms with Gasteiger partial charge in [0.05, 0.1) is 6.04 Å². The Morgan fingerprint density at radius 1 is 1.12 bits per heavy atom. The lowest BCUT2D eigenvalue weighted by Crippen LogP contribution is -2.38. The molecule has 5 nitrogen and oxygen atoms in total. The minimum absolute atomic E-state index is 0.299. The highest BCUT2D eigenvalue weighted by Crippen LogP contribution is 2.43. The van der Waals surface area contributed by atoms with E-state index in [9.17, 15) is 22.0 Å². The smallest absolute Gasteiger partial charge is 0.356 e. The maximum atomic E-state index is 13.4. The molecule has 1 saturated carbocycles. The van der Waals surface area contributed by atoms with E-state index in [0.29, 0.717) is 30.3 Å². The average Bonchev–Trinajstić information content (AvgIpc) is 3.40. The number of alkyl halides is 5. The number of nitrogens with one attached hydrogen (secondary N) is 1. The van der Waals surface area contributed by atoms with E-state index in [0.717, 1.165) is 47.8 Å². The molecule has 0 unspecified atom stereocenters. The molecule has 0 saturated heterocycles. The number of hydrogen-bond donors (Lipinski definition) is 1. The molecule has 1 aliphatic carbocycles. The van der Waals surface area contributed by atoms with Gasteiger partial charge in [0, 0.05) is 28.2 Å². The van der Waals surface area contributed by atoms with Gasteiger partial charge in [-0.05, 0) is 42.5 Å². The maximum absolute atomic E-state index is 13.4. The summed E-state index contributed by atoms with van der Waals surface area (Å²) in [6.07, 6.45) is -2.77. The van der Waals surface area contributed by atoms with Crippen LogP contribution in [0.4, 0.5) is 27.9 Å². The van der Waals surface area contributed by atoms with E-state index >= 15 is 0 Å². The molecular formula is C22H21ClF5N5. The number of nitrogens with zero attached hydrogens (tertiary/aromatic N) is 4. The summed E-state index contributed by atoms with van der Waals surface area (Å²) in [5.74, 6) is -2.74. The van der Waals surface area contributed by atoms with E-state index in [-0.39, 0.29) is 12.0 Å². The van der Waals surface area contributed by atoms with Crippen molar-refractivity contribution in [1.29, 1.82) is 0 Å². The number of rotatable bonds is 4. The van der Waals surface area contributed by atoms with Crippen LogP contribution < -0.4 is 4.90 Å². The first-order valence-corrected chi connectivity index (χ1v) is 11.3. The van der Waals surface area contributed by atoms with Gasteiger partial charge in [0.1, 0.15) is 0 Å². The monoisotopic (exact) mass is 485 g/mol. The molecule has 2 aromatic heterocycles. The second-order valence-electron chi connectivity index (χ2n) is 8.67. The SMILES string of the molecule is FC(F)c1nc(N2CCc3c([nH]c4ccc(Cl)cc34)[C@@H]2CC2CCCC2)nc(C(F)(F)F)n1. The van der Waals surface area contributed by atoms with Crippen molar-refractivity contribution in [3.63, 3.8) is 0 Å². The van der Waals surface area contributed by atoms with Crippen LogP contribution in [0.3, 0.4) is 0 Å². The Kier molecular flexibility index (Phi) is 5.66. The Morgan fingerprint density at radius 2 is 1.88 bits per heavy atom. The van der Waals surface area contributed by atoms with Crippen LogP contribution in [0.2, 0.25) is 5.02 Å². The van der Waals surface area contributed by atoms with Gasteiger partial charge < -0.3 is 9.88 Å². The minimum Gasteiger partial charge on any atom is -0.356 e. The van der Waals surface area contributed by atoms with E-state index in [2.05, 4.69) is 19.9 Å².